The number of anilines is 1. The Hall–Kier alpha value is -2.67. The van der Waals surface area contributed by atoms with Gasteiger partial charge in [-0.15, -0.1) is 0 Å². The number of aryl methyl sites for hydroxylation is 2. The third-order valence-corrected chi connectivity index (χ3v) is 5.79. The SMILES string of the molecule is CCn1cc(CN2CC[C@]3(C2)C(=O)N(CC(N)=O)c2ccccc23)c(C)n1. The molecule has 27 heavy (non-hydrogen) atoms. The molecule has 1 aromatic heterocycles. The number of nitrogens with two attached hydrogens (primary N) is 1. The number of hydrogen-bond donors (Lipinski definition) is 1. The molecule has 0 radical (unpaired) electrons. The van der Waals surface area contributed by atoms with Crippen molar-refractivity contribution < 1.29 is 9.59 Å². The first kappa shape index (κ1) is 17.7. The molecule has 1 aromatic carbocycles. The van der Waals surface area contributed by atoms with Gasteiger partial charge in [0.05, 0.1) is 11.1 Å². The van der Waals surface area contributed by atoms with Gasteiger partial charge < -0.3 is 10.6 Å². The molecule has 3 heterocycles. The predicted molar refractivity (Wildman–Crippen MR) is 102 cm³/mol. The molecular formula is C20H25N5O2. The van der Waals surface area contributed by atoms with Crippen LogP contribution in [0, 0.1) is 6.92 Å². The van der Waals surface area contributed by atoms with Crippen molar-refractivity contribution in [1.82, 2.24) is 14.7 Å². The van der Waals surface area contributed by atoms with Crippen LogP contribution < -0.4 is 10.6 Å². The molecule has 0 unspecified atom stereocenters. The number of carbonyl (C=O) groups is 2. The monoisotopic (exact) mass is 367 g/mol. The van der Waals surface area contributed by atoms with E-state index in [0.29, 0.717) is 6.54 Å². The van der Waals surface area contributed by atoms with Gasteiger partial charge in [0.1, 0.15) is 6.54 Å². The van der Waals surface area contributed by atoms with Gasteiger partial charge in [-0.1, -0.05) is 18.2 Å². The molecule has 2 aliphatic rings. The van der Waals surface area contributed by atoms with Crippen molar-refractivity contribution in [3.8, 4) is 0 Å². The maximum absolute atomic E-state index is 13.3. The van der Waals surface area contributed by atoms with Gasteiger partial charge in [0.15, 0.2) is 0 Å². The minimum atomic E-state index is -0.583. The molecule has 4 rings (SSSR count). The average Bonchev–Trinajstić information content (AvgIpc) is 3.29. The molecule has 0 aliphatic carbocycles. The molecule has 1 atom stereocenters. The van der Waals surface area contributed by atoms with Crippen molar-refractivity contribution in [3.05, 3.63) is 47.3 Å². The molecule has 0 bridgehead atoms. The number of amides is 2. The van der Waals surface area contributed by atoms with Crippen LogP contribution in [0.25, 0.3) is 0 Å². The van der Waals surface area contributed by atoms with Crippen molar-refractivity contribution >= 4 is 17.5 Å². The maximum atomic E-state index is 13.3. The highest BCUT2D eigenvalue weighted by Crippen LogP contribution is 2.47. The molecular weight excluding hydrogens is 342 g/mol. The molecule has 2 aromatic rings. The van der Waals surface area contributed by atoms with Crippen molar-refractivity contribution in [1.29, 1.82) is 0 Å². The highest BCUT2D eigenvalue weighted by Gasteiger charge is 2.54. The number of fused-ring (bicyclic) bond motifs is 2. The Morgan fingerprint density at radius 1 is 1.33 bits per heavy atom. The summed E-state index contributed by atoms with van der Waals surface area (Å²) in [6.07, 6.45) is 2.84. The summed E-state index contributed by atoms with van der Waals surface area (Å²) in [6.45, 7) is 7.13. The van der Waals surface area contributed by atoms with Crippen LogP contribution in [0.15, 0.2) is 30.5 Å². The van der Waals surface area contributed by atoms with Crippen LogP contribution in [-0.2, 0) is 28.1 Å². The van der Waals surface area contributed by atoms with Crippen LogP contribution in [0.4, 0.5) is 5.69 Å². The number of carbonyl (C=O) groups excluding carboxylic acids is 2. The van der Waals surface area contributed by atoms with Crippen molar-refractivity contribution in [2.75, 3.05) is 24.5 Å². The van der Waals surface area contributed by atoms with Crippen LogP contribution >= 0.6 is 0 Å². The predicted octanol–water partition coefficient (Wildman–Crippen LogP) is 1.19. The summed E-state index contributed by atoms with van der Waals surface area (Å²) in [5, 5.41) is 4.52. The van der Waals surface area contributed by atoms with Crippen molar-refractivity contribution in [3.63, 3.8) is 0 Å². The smallest absolute Gasteiger partial charge is 0.239 e. The second kappa shape index (κ2) is 6.49. The lowest BCUT2D eigenvalue weighted by molar-refractivity contribution is -0.125. The molecule has 7 nitrogen and oxygen atoms in total. The first-order valence-corrected chi connectivity index (χ1v) is 9.39. The first-order chi connectivity index (χ1) is 12.9. The van der Waals surface area contributed by atoms with Crippen LogP contribution in [0.2, 0.25) is 0 Å². The Morgan fingerprint density at radius 3 is 2.81 bits per heavy atom. The summed E-state index contributed by atoms with van der Waals surface area (Å²) in [4.78, 5) is 28.7. The lowest BCUT2D eigenvalue weighted by Gasteiger charge is -2.24. The fourth-order valence-corrected chi connectivity index (χ4v) is 4.44. The highest BCUT2D eigenvalue weighted by molar-refractivity contribution is 6.11. The molecule has 0 saturated carbocycles. The standard InChI is InChI=1S/C20H25N5O2/c1-3-24-11-15(14(2)22-24)10-23-9-8-20(13-23)16-6-4-5-7-17(16)25(19(20)27)12-18(21)26/h4-7,11H,3,8-10,12-13H2,1-2H3,(H2,21,26)/t20-/m1/s1. The van der Waals surface area contributed by atoms with E-state index in [2.05, 4.69) is 23.1 Å². The van der Waals surface area contributed by atoms with Gasteiger partial charge in [-0.3, -0.25) is 19.2 Å². The Kier molecular flexibility index (Phi) is 4.26. The number of hydrogen-bond acceptors (Lipinski definition) is 4. The Labute approximate surface area is 158 Å². The summed E-state index contributed by atoms with van der Waals surface area (Å²) < 4.78 is 1.95. The van der Waals surface area contributed by atoms with Gasteiger partial charge in [-0.2, -0.15) is 5.10 Å². The minimum Gasteiger partial charge on any atom is -0.368 e. The topological polar surface area (TPSA) is 84.5 Å². The Bertz CT molecular complexity index is 906. The van der Waals surface area contributed by atoms with E-state index < -0.39 is 11.3 Å². The molecule has 2 amide bonds. The molecule has 1 fully saturated rings. The van der Waals surface area contributed by atoms with E-state index in [4.69, 9.17) is 5.73 Å². The van der Waals surface area contributed by atoms with Gasteiger partial charge in [-0.05, 0) is 38.4 Å². The zero-order chi connectivity index (χ0) is 19.2. The molecule has 1 saturated heterocycles. The van der Waals surface area contributed by atoms with Crippen LogP contribution in [0.1, 0.15) is 30.2 Å². The van der Waals surface area contributed by atoms with Crippen molar-refractivity contribution in [2.45, 2.75) is 38.8 Å². The molecule has 2 aliphatic heterocycles. The third kappa shape index (κ3) is 2.82. The summed E-state index contributed by atoms with van der Waals surface area (Å²) >= 11 is 0. The number of aromatic nitrogens is 2. The second-order valence-electron chi connectivity index (χ2n) is 7.51. The number of para-hydroxylation sites is 1. The average molecular weight is 367 g/mol. The van der Waals surface area contributed by atoms with E-state index in [1.807, 2.05) is 35.9 Å². The Balaban J connectivity index is 1.61. The van der Waals surface area contributed by atoms with E-state index >= 15 is 0 Å². The third-order valence-electron chi connectivity index (χ3n) is 5.79. The molecule has 2 N–H and O–H groups in total. The minimum absolute atomic E-state index is 0.00836. The molecule has 142 valence electrons. The lowest BCUT2D eigenvalue weighted by atomic mass is 9.81. The number of primary amides is 1. The van der Waals surface area contributed by atoms with E-state index in [-0.39, 0.29) is 12.5 Å². The molecule has 7 heteroatoms. The lowest BCUT2D eigenvalue weighted by Crippen LogP contribution is -2.45. The summed E-state index contributed by atoms with van der Waals surface area (Å²) in [6, 6.07) is 7.77. The number of rotatable bonds is 5. The largest absolute Gasteiger partial charge is 0.368 e. The van der Waals surface area contributed by atoms with E-state index in [1.165, 1.54) is 5.56 Å². The zero-order valence-corrected chi connectivity index (χ0v) is 15.8. The molecule has 1 spiro atoms. The van der Waals surface area contributed by atoms with Gasteiger partial charge in [0.25, 0.3) is 0 Å². The van der Waals surface area contributed by atoms with Gasteiger partial charge in [0, 0.05) is 37.1 Å². The van der Waals surface area contributed by atoms with E-state index in [0.717, 1.165) is 43.0 Å². The summed E-state index contributed by atoms with van der Waals surface area (Å²) in [5.74, 6) is -0.501. The fourth-order valence-electron chi connectivity index (χ4n) is 4.44. The quantitative estimate of drug-likeness (QED) is 0.860. The number of likely N-dealkylation sites (tertiary alicyclic amines) is 1. The van der Waals surface area contributed by atoms with Gasteiger partial charge >= 0.3 is 0 Å². The zero-order valence-electron chi connectivity index (χ0n) is 15.8. The van der Waals surface area contributed by atoms with Crippen LogP contribution in [-0.4, -0.2) is 46.1 Å². The number of benzene rings is 1. The highest BCUT2D eigenvalue weighted by atomic mass is 16.2. The van der Waals surface area contributed by atoms with E-state index in [9.17, 15) is 9.59 Å². The normalized spacial score (nSPS) is 22.0. The van der Waals surface area contributed by atoms with Crippen LogP contribution in [0.5, 0.6) is 0 Å². The summed E-state index contributed by atoms with van der Waals surface area (Å²) in [7, 11) is 0. The second-order valence-corrected chi connectivity index (χ2v) is 7.51. The van der Waals surface area contributed by atoms with Crippen LogP contribution in [0.3, 0.4) is 0 Å². The Morgan fingerprint density at radius 2 is 2.11 bits per heavy atom. The van der Waals surface area contributed by atoms with Gasteiger partial charge in [0.2, 0.25) is 11.8 Å². The van der Waals surface area contributed by atoms with Crippen molar-refractivity contribution in [2.24, 2.45) is 5.73 Å². The fraction of sp³-hybridized carbons (Fsp3) is 0.450. The number of nitrogens with zero attached hydrogens (tertiary/aromatic N) is 4. The van der Waals surface area contributed by atoms with E-state index in [1.54, 1.807) is 4.90 Å². The van der Waals surface area contributed by atoms with Gasteiger partial charge in [-0.25, -0.2) is 0 Å². The summed E-state index contributed by atoms with van der Waals surface area (Å²) in [5.41, 5.74) is 8.87. The first-order valence-electron chi connectivity index (χ1n) is 9.39. The maximum Gasteiger partial charge on any atom is 0.239 e.